The average molecular weight is 291 g/mol. The summed E-state index contributed by atoms with van der Waals surface area (Å²) in [4.78, 5) is 46.3. The van der Waals surface area contributed by atoms with Gasteiger partial charge in [0.2, 0.25) is 0 Å². The Kier molecular flexibility index (Phi) is 4.11. The number of nitro groups is 1. The van der Waals surface area contributed by atoms with E-state index in [0.717, 1.165) is 6.07 Å². The standard InChI is InChI=1S/C14H13NO6/c1-21-8-5-6-9(10(7-8)15(19)20)14(18)13-11(16)3-2-4-12(13)17/h5-7,13H,2-4H2,1H3. The number of ketones is 3. The molecule has 1 saturated carbocycles. The van der Waals surface area contributed by atoms with Gasteiger partial charge in [-0.15, -0.1) is 0 Å². The molecular formula is C14H13NO6. The topological polar surface area (TPSA) is 104 Å². The van der Waals surface area contributed by atoms with Crippen LogP contribution < -0.4 is 4.74 Å². The summed E-state index contributed by atoms with van der Waals surface area (Å²) in [6.07, 6.45) is 0.713. The molecule has 1 aromatic carbocycles. The van der Waals surface area contributed by atoms with Crippen LogP contribution in [0.15, 0.2) is 18.2 Å². The van der Waals surface area contributed by atoms with Crippen LogP contribution in [0.1, 0.15) is 29.6 Å². The number of carbonyl (C=O) groups is 3. The first-order valence-corrected chi connectivity index (χ1v) is 6.37. The number of carbonyl (C=O) groups excluding carboxylic acids is 3. The van der Waals surface area contributed by atoms with E-state index in [0.29, 0.717) is 6.42 Å². The van der Waals surface area contributed by atoms with E-state index in [9.17, 15) is 24.5 Å². The number of ether oxygens (including phenoxy) is 1. The molecule has 7 heteroatoms. The monoisotopic (exact) mass is 291 g/mol. The second kappa shape index (κ2) is 5.82. The highest BCUT2D eigenvalue weighted by molar-refractivity contribution is 6.26. The zero-order chi connectivity index (χ0) is 15.6. The summed E-state index contributed by atoms with van der Waals surface area (Å²) in [5.74, 6) is -2.94. The molecule has 0 aliphatic heterocycles. The van der Waals surface area contributed by atoms with E-state index in [2.05, 4.69) is 0 Å². The molecule has 0 amide bonds. The van der Waals surface area contributed by atoms with Gasteiger partial charge in [0.15, 0.2) is 17.3 Å². The zero-order valence-corrected chi connectivity index (χ0v) is 11.3. The maximum Gasteiger partial charge on any atom is 0.283 e. The molecule has 0 saturated heterocycles. The van der Waals surface area contributed by atoms with Gasteiger partial charge in [0.1, 0.15) is 11.7 Å². The molecule has 0 N–H and O–H groups in total. The van der Waals surface area contributed by atoms with Crippen molar-refractivity contribution in [1.82, 2.24) is 0 Å². The van der Waals surface area contributed by atoms with Crippen LogP contribution >= 0.6 is 0 Å². The number of benzene rings is 1. The lowest BCUT2D eigenvalue weighted by atomic mass is 9.81. The van der Waals surface area contributed by atoms with Crippen molar-refractivity contribution in [3.63, 3.8) is 0 Å². The van der Waals surface area contributed by atoms with Crippen LogP contribution in [-0.4, -0.2) is 29.4 Å². The minimum absolute atomic E-state index is 0.145. The lowest BCUT2D eigenvalue weighted by molar-refractivity contribution is -0.385. The largest absolute Gasteiger partial charge is 0.497 e. The van der Waals surface area contributed by atoms with E-state index in [-0.39, 0.29) is 24.2 Å². The molecule has 1 aromatic rings. The fourth-order valence-electron chi connectivity index (χ4n) is 2.35. The van der Waals surface area contributed by atoms with E-state index in [1.165, 1.54) is 19.2 Å². The number of hydrogen-bond acceptors (Lipinski definition) is 6. The van der Waals surface area contributed by atoms with Crippen LogP contribution in [0.25, 0.3) is 0 Å². The lowest BCUT2D eigenvalue weighted by Crippen LogP contribution is -2.35. The highest BCUT2D eigenvalue weighted by Gasteiger charge is 2.39. The van der Waals surface area contributed by atoms with Gasteiger partial charge in [-0.1, -0.05) is 0 Å². The Morgan fingerprint density at radius 2 is 1.90 bits per heavy atom. The number of rotatable bonds is 4. The quantitative estimate of drug-likeness (QED) is 0.362. The van der Waals surface area contributed by atoms with Crippen molar-refractivity contribution < 1.29 is 24.0 Å². The molecule has 1 aliphatic carbocycles. The van der Waals surface area contributed by atoms with Crippen molar-refractivity contribution in [2.75, 3.05) is 7.11 Å². The molecule has 1 fully saturated rings. The van der Waals surface area contributed by atoms with Crippen LogP contribution in [-0.2, 0) is 9.59 Å². The lowest BCUT2D eigenvalue weighted by Gasteiger charge is -2.18. The maximum atomic E-state index is 12.4. The summed E-state index contributed by atoms with van der Waals surface area (Å²) < 4.78 is 4.88. The predicted molar refractivity (Wildman–Crippen MR) is 71.3 cm³/mol. The number of methoxy groups -OCH3 is 1. The zero-order valence-electron chi connectivity index (χ0n) is 11.3. The smallest absolute Gasteiger partial charge is 0.283 e. The van der Waals surface area contributed by atoms with Crippen LogP contribution in [0.5, 0.6) is 5.75 Å². The first-order valence-electron chi connectivity index (χ1n) is 6.37. The minimum atomic E-state index is -1.41. The molecule has 2 rings (SSSR count). The summed E-state index contributed by atoms with van der Waals surface area (Å²) in [5.41, 5.74) is -0.708. The molecule has 7 nitrogen and oxygen atoms in total. The fraction of sp³-hybridized carbons (Fsp3) is 0.357. The summed E-state index contributed by atoms with van der Waals surface area (Å²) in [6.45, 7) is 0. The molecular weight excluding hydrogens is 278 g/mol. The van der Waals surface area contributed by atoms with Gasteiger partial charge >= 0.3 is 0 Å². The predicted octanol–water partition coefficient (Wildman–Crippen LogP) is 1.72. The van der Waals surface area contributed by atoms with Gasteiger partial charge in [0.05, 0.1) is 23.7 Å². The van der Waals surface area contributed by atoms with E-state index < -0.39 is 33.9 Å². The highest BCUT2D eigenvalue weighted by atomic mass is 16.6. The Morgan fingerprint density at radius 1 is 1.29 bits per heavy atom. The van der Waals surface area contributed by atoms with E-state index in [4.69, 9.17) is 4.74 Å². The molecule has 0 unspecified atom stereocenters. The second-order valence-corrected chi connectivity index (χ2v) is 4.72. The van der Waals surface area contributed by atoms with Gasteiger partial charge in [-0.25, -0.2) is 0 Å². The number of hydrogen-bond donors (Lipinski definition) is 0. The van der Waals surface area contributed by atoms with E-state index >= 15 is 0 Å². The van der Waals surface area contributed by atoms with Gasteiger partial charge in [-0.3, -0.25) is 24.5 Å². The maximum absolute atomic E-state index is 12.4. The molecule has 0 heterocycles. The van der Waals surface area contributed by atoms with Crippen molar-refractivity contribution in [2.45, 2.75) is 19.3 Å². The second-order valence-electron chi connectivity index (χ2n) is 4.72. The number of nitrogens with zero attached hydrogens (tertiary/aromatic N) is 1. The third kappa shape index (κ3) is 2.81. The third-order valence-corrected chi connectivity index (χ3v) is 3.42. The Labute approximate surface area is 120 Å². The molecule has 0 spiro atoms. The fourth-order valence-corrected chi connectivity index (χ4v) is 2.35. The summed E-state index contributed by atoms with van der Waals surface area (Å²) in [6, 6.07) is 3.71. The van der Waals surface area contributed by atoms with E-state index in [1.54, 1.807) is 0 Å². The van der Waals surface area contributed by atoms with Crippen molar-refractivity contribution in [2.24, 2.45) is 5.92 Å². The van der Waals surface area contributed by atoms with Crippen LogP contribution in [0.2, 0.25) is 0 Å². The molecule has 1 aliphatic rings. The summed E-state index contributed by atoms with van der Waals surface area (Å²) in [7, 11) is 1.34. The first-order chi connectivity index (χ1) is 9.95. The number of Topliss-reactive ketones (excluding diaryl/α,β-unsaturated/α-hetero) is 3. The van der Waals surface area contributed by atoms with Crippen LogP contribution in [0.3, 0.4) is 0 Å². The minimum Gasteiger partial charge on any atom is -0.497 e. The summed E-state index contributed by atoms with van der Waals surface area (Å²) >= 11 is 0. The average Bonchev–Trinajstić information content (AvgIpc) is 2.46. The van der Waals surface area contributed by atoms with Crippen molar-refractivity contribution in [3.05, 3.63) is 33.9 Å². The Morgan fingerprint density at radius 3 is 2.43 bits per heavy atom. The third-order valence-electron chi connectivity index (χ3n) is 3.42. The first kappa shape index (κ1) is 14.8. The molecule has 0 bridgehead atoms. The molecule has 110 valence electrons. The van der Waals surface area contributed by atoms with Crippen molar-refractivity contribution in [1.29, 1.82) is 0 Å². The number of nitro benzene ring substituents is 1. The summed E-state index contributed by atoms with van der Waals surface area (Å²) in [5, 5.41) is 11.1. The van der Waals surface area contributed by atoms with Gasteiger partial charge in [0.25, 0.3) is 5.69 Å². The SMILES string of the molecule is COc1ccc(C(=O)C2C(=O)CCCC2=O)c([N+](=O)[O-])c1. The molecule has 0 radical (unpaired) electrons. The van der Waals surface area contributed by atoms with Crippen molar-refractivity contribution in [3.8, 4) is 5.75 Å². The molecule has 0 atom stereocenters. The van der Waals surface area contributed by atoms with Gasteiger partial charge in [-0.05, 0) is 18.6 Å². The van der Waals surface area contributed by atoms with Gasteiger partial charge < -0.3 is 4.74 Å². The van der Waals surface area contributed by atoms with Crippen LogP contribution in [0, 0.1) is 16.0 Å². The Bertz CT molecular complexity index is 620. The Balaban J connectivity index is 2.45. The normalized spacial score (nSPS) is 15.9. The molecule has 21 heavy (non-hydrogen) atoms. The highest BCUT2D eigenvalue weighted by Crippen LogP contribution is 2.29. The molecule has 0 aromatic heterocycles. The van der Waals surface area contributed by atoms with E-state index in [1.807, 2.05) is 0 Å². The Hall–Kier alpha value is -2.57. The van der Waals surface area contributed by atoms with Gasteiger partial charge in [-0.2, -0.15) is 0 Å². The van der Waals surface area contributed by atoms with Gasteiger partial charge in [0, 0.05) is 12.8 Å². The van der Waals surface area contributed by atoms with Crippen molar-refractivity contribution >= 4 is 23.0 Å². The van der Waals surface area contributed by atoms with Crippen LogP contribution in [0.4, 0.5) is 5.69 Å².